The van der Waals surface area contributed by atoms with Crippen molar-refractivity contribution in [3.05, 3.63) is 45.8 Å². The van der Waals surface area contributed by atoms with Gasteiger partial charge in [0.25, 0.3) is 5.91 Å². The predicted octanol–water partition coefficient (Wildman–Crippen LogP) is 2.42. The molecule has 0 spiro atoms. The van der Waals surface area contributed by atoms with Gasteiger partial charge < -0.3 is 15.8 Å². The fourth-order valence-electron chi connectivity index (χ4n) is 1.45. The average molecular weight is 369 g/mol. The molecule has 0 atom stereocenters. The fraction of sp³-hybridized carbons (Fsp3) is 0.0769. The zero-order valence-corrected chi connectivity index (χ0v) is 12.3. The normalized spacial score (nSPS) is 10.0. The van der Waals surface area contributed by atoms with Crippen LogP contribution in [0.5, 0.6) is 11.5 Å². The summed E-state index contributed by atoms with van der Waals surface area (Å²) in [5, 5.41) is 2.52. The molecular weight excluding hydrogens is 357 g/mol. The third-order valence-corrected chi connectivity index (χ3v) is 3.22. The summed E-state index contributed by atoms with van der Waals surface area (Å²) in [5.74, 6) is 0.984. The topological polar surface area (TPSA) is 77.2 Å². The number of rotatable bonds is 3. The molecule has 0 aliphatic carbocycles. The molecule has 0 radical (unpaired) electrons. The Bertz CT molecular complexity index is 617. The zero-order chi connectivity index (χ0) is 13.8. The highest BCUT2D eigenvalue weighted by atomic mass is 127. The van der Waals surface area contributed by atoms with Crippen molar-refractivity contribution in [2.75, 3.05) is 12.8 Å². The van der Waals surface area contributed by atoms with Gasteiger partial charge in [0.1, 0.15) is 17.2 Å². The Kier molecular flexibility index (Phi) is 4.20. The summed E-state index contributed by atoms with van der Waals surface area (Å²) in [7, 11) is 1.56. The lowest BCUT2D eigenvalue weighted by molar-refractivity contribution is 0.0958. The molecule has 0 bridgehead atoms. The highest BCUT2D eigenvalue weighted by Gasteiger charge is 2.08. The first-order valence-corrected chi connectivity index (χ1v) is 6.59. The highest BCUT2D eigenvalue weighted by molar-refractivity contribution is 14.1. The molecule has 3 N–H and O–H groups in total. The van der Waals surface area contributed by atoms with Gasteiger partial charge in [-0.25, -0.2) is 0 Å². The van der Waals surface area contributed by atoms with Crippen molar-refractivity contribution in [2.24, 2.45) is 0 Å². The smallest absolute Gasteiger partial charge is 0.269 e. The lowest BCUT2D eigenvalue weighted by Gasteiger charge is -2.09. The SMILES string of the molecule is CNC(=O)c1cc(Oc2ccc(N)cc2I)ccn1. The minimum atomic E-state index is -0.252. The highest BCUT2D eigenvalue weighted by Crippen LogP contribution is 2.28. The summed E-state index contributed by atoms with van der Waals surface area (Å²) in [5.41, 5.74) is 6.67. The number of benzene rings is 1. The molecular formula is C13H12IN3O2. The zero-order valence-electron chi connectivity index (χ0n) is 10.2. The second-order valence-electron chi connectivity index (χ2n) is 3.75. The van der Waals surface area contributed by atoms with Crippen LogP contribution < -0.4 is 15.8 Å². The number of hydrogen-bond acceptors (Lipinski definition) is 4. The van der Waals surface area contributed by atoms with Crippen molar-refractivity contribution >= 4 is 34.2 Å². The minimum absolute atomic E-state index is 0.252. The maximum atomic E-state index is 11.5. The number of hydrogen-bond donors (Lipinski definition) is 2. The van der Waals surface area contributed by atoms with E-state index in [2.05, 4.69) is 32.9 Å². The molecule has 5 nitrogen and oxygen atoms in total. The molecule has 1 aromatic carbocycles. The Morgan fingerprint density at radius 2 is 2.16 bits per heavy atom. The number of nitrogens with zero attached hydrogens (tertiary/aromatic N) is 1. The Morgan fingerprint density at radius 3 is 2.84 bits per heavy atom. The summed E-state index contributed by atoms with van der Waals surface area (Å²) >= 11 is 2.14. The standard InChI is InChI=1S/C13H12IN3O2/c1-16-13(18)11-7-9(4-5-17-11)19-12-3-2-8(15)6-10(12)14/h2-7H,15H2,1H3,(H,16,18). The van der Waals surface area contributed by atoms with Crippen LogP contribution in [-0.4, -0.2) is 17.9 Å². The monoisotopic (exact) mass is 369 g/mol. The fourth-order valence-corrected chi connectivity index (χ4v) is 2.10. The van der Waals surface area contributed by atoms with E-state index in [4.69, 9.17) is 10.5 Å². The van der Waals surface area contributed by atoms with Crippen LogP contribution in [0.4, 0.5) is 5.69 Å². The molecule has 0 fully saturated rings. The van der Waals surface area contributed by atoms with Crippen LogP contribution >= 0.6 is 22.6 Å². The van der Waals surface area contributed by atoms with Crippen LogP contribution in [0.3, 0.4) is 0 Å². The van der Waals surface area contributed by atoms with E-state index in [-0.39, 0.29) is 5.91 Å². The number of anilines is 1. The number of carbonyl (C=O) groups is 1. The number of ether oxygens (including phenoxy) is 1. The summed E-state index contributed by atoms with van der Waals surface area (Å²) in [6, 6.07) is 8.65. The van der Waals surface area contributed by atoms with Gasteiger partial charge in [-0.1, -0.05) is 0 Å². The molecule has 0 aliphatic rings. The second kappa shape index (κ2) is 5.87. The van der Waals surface area contributed by atoms with Gasteiger partial charge in [0.05, 0.1) is 3.57 Å². The molecule has 0 saturated heterocycles. The van der Waals surface area contributed by atoms with Gasteiger partial charge in [-0.3, -0.25) is 9.78 Å². The Morgan fingerprint density at radius 1 is 1.37 bits per heavy atom. The quantitative estimate of drug-likeness (QED) is 0.644. The van der Waals surface area contributed by atoms with E-state index in [9.17, 15) is 4.79 Å². The van der Waals surface area contributed by atoms with Gasteiger partial charge in [0.2, 0.25) is 0 Å². The Labute approximate surface area is 124 Å². The largest absolute Gasteiger partial charge is 0.456 e. The third kappa shape index (κ3) is 3.34. The van der Waals surface area contributed by atoms with Crippen LogP contribution in [-0.2, 0) is 0 Å². The number of nitrogens with two attached hydrogens (primary N) is 1. The van der Waals surface area contributed by atoms with Crippen LogP contribution in [0.25, 0.3) is 0 Å². The first kappa shape index (κ1) is 13.6. The molecule has 1 aromatic heterocycles. The van der Waals surface area contributed by atoms with E-state index in [1.807, 2.05) is 6.07 Å². The average Bonchev–Trinajstić information content (AvgIpc) is 2.41. The number of aromatic nitrogens is 1. The van der Waals surface area contributed by atoms with E-state index in [1.165, 1.54) is 6.20 Å². The Balaban J connectivity index is 2.26. The maximum absolute atomic E-state index is 11.5. The molecule has 1 heterocycles. The van der Waals surface area contributed by atoms with E-state index < -0.39 is 0 Å². The van der Waals surface area contributed by atoms with Crippen LogP contribution in [0.15, 0.2) is 36.5 Å². The maximum Gasteiger partial charge on any atom is 0.269 e. The first-order valence-electron chi connectivity index (χ1n) is 5.51. The molecule has 1 amide bonds. The molecule has 0 saturated carbocycles. The Hall–Kier alpha value is -1.83. The summed E-state index contributed by atoms with van der Waals surface area (Å²) < 4.78 is 6.62. The predicted molar refractivity (Wildman–Crippen MR) is 81.3 cm³/mol. The van der Waals surface area contributed by atoms with Crippen molar-refractivity contribution in [3.8, 4) is 11.5 Å². The second-order valence-corrected chi connectivity index (χ2v) is 4.91. The van der Waals surface area contributed by atoms with Gasteiger partial charge in [-0.2, -0.15) is 0 Å². The lowest BCUT2D eigenvalue weighted by Crippen LogP contribution is -2.18. The van der Waals surface area contributed by atoms with E-state index in [0.29, 0.717) is 22.9 Å². The molecule has 6 heteroatoms. The number of halogens is 1. The van der Waals surface area contributed by atoms with Gasteiger partial charge in [0, 0.05) is 25.0 Å². The molecule has 2 rings (SSSR count). The van der Waals surface area contributed by atoms with Gasteiger partial charge in [-0.05, 0) is 46.9 Å². The lowest BCUT2D eigenvalue weighted by atomic mass is 10.3. The first-order chi connectivity index (χ1) is 9.10. The number of nitrogens with one attached hydrogen (secondary N) is 1. The molecule has 19 heavy (non-hydrogen) atoms. The van der Waals surface area contributed by atoms with Gasteiger partial charge in [0.15, 0.2) is 0 Å². The van der Waals surface area contributed by atoms with Crippen LogP contribution in [0, 0.1) is 3.57 Å². The van der Waals surface area contributed by atoms with Crippen molar-refractivity contribution < 1.29 is 9.53 Å². The number of nitrogen functional groups attached to an aromatic ring is 1. The van der Waals surface area contributed by atoms with Crippen LogP contribution in [0.2, 0.25) is 0 Å². The summed E-state index contributed by atoms with van der Waals surface area (Å²) in [6.07, 6.45) is 1.53. The third-order valence-electron chi connectivity index (χ3n) is 2.37. The summed E-state index contributed by atoms with van der Waals surface area (Å²) in [4.78, 5) is 15.5. The molecule has 0 aliphatic heterocycles. The van der Waals surface area contributed by atoms with E-state index >= 15 is 0 Å². The number of carbonyl (C=O) groups excluding carboxylic acids is 1. The van der Waals surface area contributed by atoms with E-state index in [0.717, 1.165) is 3.57 Å². The van der Waals surface area contributed by atoms with Crippen molar-refractivity contribution in [1.82, 2.24) is 10.3 Å². The van der Waals surface area contributed by atoms with Crippen LogP contribution in [0.1, 0.15) is 10.5 Å². The van der Waals surface area contributed by atoms with Gasteiger partial charge >= 0.3 is 0 Å². The molecule has 98 valence electrons. The number of pyridine rings is 1. The summed E-state index contributed by atoms with van der Waals surface area (Å²) in [6.45, 7) is 0. The number of amides is 1. The van der Waals surface area contributed by atoms with Gasteiger partial charge in [-0.15, -0.1) is 0 Å². The van der Waals surface area contributed by atoms with Crippen molar-refractivity contribution in [2.45, 2.75) is 0 Å². The van der Waals surface area contributed by atoms with Crippen molar-refractivity contribution in [3.63, 3.8) is 0 Å². The molecule has 2 aromatic rings. The minimum Gasteiger partial charge on any atom is -0.456 e. The van der Waals surface area contributed by atoms with Crippen molar-refractivity contribution in [1.29, 1.82) is 0 Å². The van der Waals surface area contributed by atoms with E-state index in [1.54, 1.807) is 31.3 Å². The molecule has 0 unspecified atom stereocenters.